The first-order chi connectivity index (χ1) is 10.7. The standard InChI is InChI=1S/C13H12N6O2S/c1-7-12(15-11(20)10-16-18-19-17-10)22-13(14-7)8-4-3-5-9(6-8)21-2/h3-6H,1-2H3,(H,15,20)(H,16,17,18,19). The van der Waals surface area contributed by atoms with Crippen LogP contribution >= 0.6 is 11.3 Å². The summed E-state index contributed by atoms with van der Waals surface area (Å²) in [5.74, 6) is 0.397. The maximum absolute atomic E-state index is 11.9. The number of tetrazole rings is 1. The fourth-order valence-corrected chi connectivity index (χ4v) is 2.77. The van der Waals surface area contributed by atoms with Crippen LogP contribution in [-0.4, -0.2) is 38.6 Å². The first-order valence-corrected chi connectivity index (χ1v) is 7.16. The molecule has 0 aliphatic carbocycles. The number of nitrogens with zero attached hydrogens (tertiary/aromatic N) is 4. The van der Waals surface area contributed by atoms with Gasteiger partial charge >= 0.3 is 0 Å². The molecule has 22 heavy (non-hydrogen) atoms. The van der Waals surface area contributed by atoms with Crippen molar-refractivity contribution in [2.75, 3.05) is 12.4 Å². The largest absolute Gasteiger partial charge is 0.497 e. The minimum Gasteiger partial charge on any atom is -0.497 e. The molecule has 0 saturated carbocycles. The molecule has 8 nitrogen and oxygen atoms in total. The van der Waals surface area contributed by atoms with Gasteiger partial charge in [-0.05, 0) is 29.5 Å². The SMILES string of the molecule is COc1cccc(-c2nc(C)c(NC(=O)c3nnn[nH]3)s2)c1. The van der Waals surface area contributed by atoms with Gasteiger partial charge < -0.3 is 10.1 Å². The lowest BCUT2D eigenvalue weighted by Gasteiger charge is -2.01. The number of anilines is 1. The van der Waals surface area contributed by atoms with Crippen LogP contribution in [0.25, 0.3) is 10.6 Å². The Morgan fingerprint density at radius 1 is 1.41 bits per heavy atom. The number of nitrogens with one attached hydrogen (secondary N) is 2. The Bertz CT molecular complexity index is 799. The van der Waals surface area contributed by atoms with Crippen LogP contribution in [0.15, 0.2) is 24.3 Å². The molecular formula is C13H12N6O2S. The second kappa shape index (κ2) is 5.90. The number of hydrogen-bond acceptors (Lipinski definition) is 7. The van der Waals surface area contributed by atoms with Crippen molar-refractivity contribution >= 4 is 22.2 Å². The number of carbonyl (C=O) groups excluding carboxylic acids is 1. The molecule has 0 fully saturated rings. The third kappa shape index (κ3) is 2.79. The van der Waals surface area contributed by atoms with E-state index < -0.39 is 5.91 Å². The summed E-state index contributed by atoms with van der Waals surface area (Å²) in [6.45, 7) is 1.83. The first-order valence-electron chi connectivity index (χ1n) is 6.34. The zero-order valence-electron chi connectivity index (χ0n) is 11.8. The summed E-state index contributed by atoms with van der Waals surface area (Å²) in [6.07, 6.45) is 0. The number of H-pyrrole nitrogens is 1. The summed E-state index contributed by atoms with van der Waals surface area (Å²) in [7, 11) is 1.61. The average molecular weight is 316 g/mol. The molecule has 0 atom stereocenters. The number of carbonyl (C=O) groups is 1. The summed E-state index contributed by atoms with van der Waals surface area (Å²) in [5, 5.41) is 16.9. The lowest BCUT2D eigenvalue weighted by Crippen LogP contribution is -2.13. The van der Waals surface area contributed by atoms with Crippen LogP contribution in [0.5, 0.6) is 5.75 Å². The van der Waals surface area contributed by atoms with Gasteiger partial charge in [0.1, 0.15) is 15.8 Å². The van der Waals surface area contributed by atoms with Crippen molar-refractivity contribution in [2.45, 2.75) is 6.92 Å². The lowest BCUT2D eigenvalue weighted by atomic mass is 10.2. The van der Waals surface area contributed by atoms with Gasteiger partial charge in [0.25, 0.3) is 5.91 Å². The quantitative estimate of drug-likeness (QED) is 0.761. The van der Waals surface area contributed by atoms with Gasteiger partial charge in [-0.2, -0.15) is 0 Å². The molecule has 2 aromatic heterocycles. The Kier molecular flexibility index (Phi) is 3.79. The maximum Gasteiger partial charge on any atom is 0.295 e. The number of amides is 1. The molecule has 0 radical (unpaired) electrons. The molecule has 0 aliphatic heterocycles. The molecule has 1 aromatic carbocycles. The fraction of sp³-hybridized carbons (Fsp3) is 0.154. The zero-order valence-corrected chi connectivity index (χ0v) is 12.6. The highest BCUT2D eigenvalue weighted by Crippen LogP contribution is 2.33. The molecule has 3 rings (SSSR count). The van der Waals surface area contributed by atoms with E-state index in [0.29, 0.717) is 5.00 Å². The van der Waals surface area contributed by atoms with Crippen LogP contribution in [0.2, 0.25) is 0 Å². The molecule has 0 unspecified atom stereocenters. The van der Waals surface area contributed by atoms with Crippen LogP contribution in [0.3, 0.4) is 0 Å². The van der Waals surface area contributed by atoms with E-state index in [2.05, 4.69) is 30.9 Å². The van der Waals surface area contributed by atoms with E-state index in [1.54, 1.807) is 7.11 Å². The summed E-state index contributed by atoms with van der Waals surface area (Å²) >= 11 is 1.38. The van der Waals surface area contributed by atoms with E-state index in [9.17, 15) is 4.79 Å². The van der Waals surface area contributed by atoms with Crippen LogP contribution < -0.4 is 10.1 Å². The number of thiazole rings is 1. The van der Waals surface area contributed by atoms with E-state index in [-0.39, 0.29) is 5.82 Å². The first kappa shape index (κ1) is 14.1. The van der Waals surface area contributed by atoms with E-state index >= 15 is 0 Å². The third-order valence-electron chi connectivity index (χ3n) is 2.90. The van der Waals surface area contributed by atoms with Crippen molar-refractivity contribution in [1.82, 2.24) is 25.6 Å². The lowest BCUT2D eigenvalue weighted by molar-refractivity contribution is 0.101. The van der Waals surface area contributed by atoms with Crippen LogP contribution in [0.4, 0.5) is 5.00 Å². The number of hydrogen-bond donors (Lipinski definition) is 2. The molecule has 0 saturated heterocycles. The Morgan fingerprint density at radius 3 is 3.00 bits per heavy atom. The van der Waals surface area contributed by atoms with E-state index in [0.717, 1.165) is 22.0 Å². The number of ether oxygens (including phenoxy) is 1. The predicted octanol–water partition coefficient (Wildman–Crippen LogP) is 1.89. The van der Waals surface area contributed by atoms with Crippen molar-refractivity contribution < 1.29 is 9.53 Å². The molecule has 0 spiro atoms. The number of aryl methyl sites for hydroxylation is 1. The highest BCUT2D eigenvalue weighted by Gasteiger charge is 2.15. The van der Waals surface area contributed by atoms with Gasteiger partial charge in [-0.15, -0.1) is 5.10 Å². The Morgan fingerprint density at radius 2 is 2.27 bits per heavy atom. The topological polar surface area (TPSA) is 106 Å². The monoisotopic (exact) mass is 316 g/mol. The van der Waals surface area contributed by atoms with Crippen LogP contribution in [0.1, 0.15) is 16.3 Å². The average Bonchev–Trinajstić information content (AvgIpc) is 3.18. The van der Waals surface area contributed by atoms with Gasteiger partial charge in [-0.3, -0.25) is 4.79 Å². The van der Waals surface area contributed by atoms with Crippen LogP contribution in [-0.2, 0) is 0 Å². The van der Waals surface area contributed by atoms with E-state index in [1.807, 2.05) is 31.2 Å². The summed E-state index contributed by atoms with van der Waals surface area (Å²) < 4.78 is 5.21. The highest BCUT2D eigenvalue weighted by molar-refractivity contribution is 7.19. The fourth-order valence-electron chi connectivity index (χ4n) is 1.81. The number of benzene rings is 1. The Labute approximate surface area is 129 Å². The van der Waals surface area contributed by atoms with Gasteiger partial charge in [-0.1, -0.05) is 23.5 Å². The van der Waals surface area contributed by atoms with Crippen molar-refractivity contribution in [3.63, 3.8) is 0 Å². The number of aromatic amines is 1. The minimum absolute atomic E-state index is 0.0516. The van der Waals surface area contributed by atoms with Crippen molar-refractivity contribution in [2.24, 2.45) is 0 Å². The third-order valence-corrected chi connectivity index (χ3v) is 4.02. The van der Waals surface area contributed by atoms with Gasteiger partial charge in [0.15, 0.2) is 0 Å². The molecular weight excluding hydrogens is 304 g/mol. The highest BCUT2D eigenvalue weighted by atomic mass is 32.1. The molecule has 112 valence electrons. The molecule has 1 amide bonds. The van der Waals surface area contributed by atoms with Crippen molar-refractivity contribution in [1.29, 1.82) is 0 Å². The second-order valence-corrected chi connectivity index (χ2v) is 5.37. The zero-order chi connectivity index (χ0) is 15.5. The smallest absolute Gasteiger partial charge is 0.295 e. The Balaban J connectivity index is 1.86. The van der Waals surface area contributed by atoms with E-state index in [1.165, 1.54) is 11.3 Å². The van der Waals surface area contributed by atoms with Gasteiger partial charge in [-0.25, -0.2) is 10.1 Å². The summed E-state index contributed by atoms with van der Waals surface area (Å²) in [6, 6.07) is 7.59. The summed E-state index contributed by atoms with van der Waals surface area (Å²) in [5.41, 5.74) is 1.65. The summed E-state index contributed by atoms with van der Waals surface area (Å²) in [4.78, 5) is 16.4. The minimum atomic E-state index is -0.408. The number of rotatable bonds is 4. The number of aromatic nitrogens is 5. The number of methoxy groups -OCH3 is 1. The molecule has 3 aromatic rings. The second-order valence-electron chi connectivity index (χ2n) is 4.37. The Hall–Kier alpha value is -2.81. The molecule has 0 aliphatic rings. The molecule has 2 heterocycles. The van der Waals surface area contributed by atoms with Gasteiger partial charge in [0.05, 0.1) is 12.8 Å². The van der Waals surface area contributed by atoms with Crippen molar-refractivity contribution in [3.05, 3.63) is 35.8 Å². The van der Waals surface area contributed by atoms with Gasteiger partial charge in [0.2, 0.25) is 5.82 Å². The molecule has 0 bridgehead atoms. The van der Waals surface area contributed by atoms with Crippen LogP contribution in [0, 0.1) is 6.92 Å². The van der Waals surface area contributed by atoms with E-state index in [4.69, 9.17) is 4.74 Å². The van der Waals surface area contributed by atoms with Crippen molar-refractivity contribution in [3.8, 4) is 16.3 Å². The normalized spacial score (nSPS) is 10.5. The predicted molar refractivity (Wildman–Crippen MR) is 81.0 cm³/mol. The van der Waals surface area contributed by atoms with Gasteiger partial charge in [0, 0.05) is 5.56 Å². The molecule has 2 N–H and O–H groups in total. The maximum atomic E-state index is 11.9. The molecule has 9 heteroatoms.